The number of fused-ring (bicyclic) bond motifs is 1. The monoisotopic (exact) mass is 563 g/mol. The Balaban J connectivity index is 1.88. The summed E-state index contributed by atoms with van der Waals surface area (Å²) in [5.41, 5.74) is 0.540. The van der Waals surface area contributed by atoms with Crippen LogP contribution >= 0.6 is 0 Å². The predicted octanol–water partition coefficient (Wildman–Crippen LogP) is 6.27. The normalized spacial score (nSPS) is 11.6. The fraction of sp³-hybridized carbons (Fsp3) is 0.167. The van der Waals surface area contributed by atoms with Gasteiger partial charge in [-0.3, -0.25) is 0 Å². The zero-order chi connectivity index (χ0) is 29.5. The average Bonchev–Trinajstić information content (AvgIpc) is 3.31. The van der Waals surface area contributed by atoms with Crippen molar-refractivity contribution in [2.45, 2.75) is 19.3 Å². The van der Waals surface area contributed by atoms with E-state index in [1.807, 2.05) is 0 Å². The number of methoxy groups -OCH3 is 1. The third-order valence-electron chi connectivity index (χ3n) is 6.68. The van der Waals surface area contributed by atoms with Gasteiger partial charge in [0.15, 0.2) is 23.1 Å². The van der Waals surface area contributed by atoms with Gasteiger partial charge in [0.05, 0.1) is 23.6 Å². The number of phenolic OH excluding ortho intramolecular Hbond substituents is 1. The van der Waals surface area contributed by atoms with Gasteiger partial charge in [0.2, 0.25) is 5.82 Å². The number of ether oxygens (including phenoxy) is 2. The standard InChI is InChI=1S/C30H24F3N3O5/c1-30(2,15-41-29-34-11-4-12-35-29)27-23(16-5-7-17(8-6-16)28(38)39)24-21(14-20(32)25(33)26(24)37)36(27)18-9-10-19(31)22(13-18)40-3/h4-14,37H,15H2,1-3H3,(H,38,39). The molecule has 3 aromatic carbocycles. The van der Waals surface area contributed by atoms with Crippen LogP contribution in [0, 0.1) is 17.5 Å². The number of benzene rings is 3. The van der Waals surface area contributed by atoms with Crippen LogP contribution in [-0.4, -0.2) is 44.4 Å². The Kier molecular flexibility index (Phi) is 7.04. The lowest BCUT2D eigenvalue weighted by atomic mass is 9.84. The van der Waals surface area contributed by atoms with Crippen LogP contribution in [0.15, 0.2) is 67.0 Å². The number of carboxylic acids is 1. The van der Waals surface area contributed by atoms with Gasteiger partial charge in [0.1, 0.15) is 6.61 Å². The minimum atomic E-state index is -1.45. The highest BCUT2D eigenvalue weighted by Gasteiger charge is 2.35. The number of aromatic carboxylic acids is 1. The van der Waals surface area contributed by atoms with Gasteiger partial charge in [0.25, 0.3) is 0 Å². The lowest BCUT2D eigenvalue weighted by Gasteiger charge is -2.28. The highest BCUT2D eigenvalue weighted by atomic mass is 19.2. The van der Waals surface area contributed by atoms with Crippen LogP contribution in [0.2, 0.25) is 0 Å². The Morgan fingerprint density at radius 1 is 1.00 bits per heavy atom. The van der Waals surface area contributed by atoms with Gasteiger partial charge in [-0.25, -0.2) is 23.5 Å². The first-order valence-electron chi connectivity index (χ1n) is 12.4. The molecule has 210 valence electrons. The number of hydrogen-bond acceptors (Lipinski definition) is 6. The molecule has 0 saturated carbocycles. The molecule has 0 saturated heterocycles. The van der Waals surface area contributed by atoms with Crippen LogP contribution in [0.25, 0.3) is 27.7 Å². The number of phenols is 1. The zero-order valence-electron chi connectivity index (χ0n) is 22.2. The van der Waals surface area contributed by atoms with Gasteiger partial charge < -0.3 is 24.3 Å². The van der Waals surface area contributed by atoms with E-state index in [0.29, 0.717) is 22.5 Å². The SMILES string of the molecule is COc1cc(-n2c(C(C)(C)COc3ncccn3)c(-c3ccc(C(=O)O)cc3)c3c(O)c(F)c(F)cc32)ccc1F. The van der Waals surface area contributed by atoms with Gasteiger partial charge in [0, 0.05) is 46.9 Å². The number of nitrogens with zero attached hydrogens (tertiary/aromatic N) is 3. The molecule has 0 fully saturated rings. The zero-order valence-corrected chi connectivity index (χ0v) is 22.2. The summed E-state index contributed by atoms with van der Waals surface area (Å²) in [6, 6.07) is 12.4. The van der Waals surface area contributed by atoms with Crippen molar-refractivity contribution in [3.63, 3.8) is 0 Å². The molecule has 0 amide bonds. The topological polar surface area (TPSA) is 107 Å². The number of aromatic hydroxyl groups is 1. The summed E-state index contributed by atoms with van der Waals surface area (Å²) in [4.78, 5) is 19.7. The van der Waals surface area contributed by atoms with E-state index in [-0.39, 0.29) is 34.8 Å². The smallest absolute Gasteiger partial charge is 0.335 e. The van der Waals surface area contributed by atoms with E-state index in [1.165, 1.54) is 62.0 Å². The summed E-state index contributed by atoms with van der Waals surface area (Å²) < 4.78 is 56.8. The fourth-order valence-corrected chi connectivity index (χ4v) is 4.80. The minimum absolute atomic E-state index is 0.00701. The van der Waals surface area contributed by atoms with E-state index in [1.54, 1.807) is 24.5 Å². The van der Waals surface area contributed by atoms with Gasteiger partial charge in [-0.1, -0.05) is 26.0 Å². The third kappa shape index (κ3) is 4.90. The number of carbonyl (C=O) groups is 1. The summed E-state index contributed by atoms with van der Waals surface area (Å²) in [7, 11) is 1.30. The van der Waals surface area contributed by atoms with E-state index in [0.717, 1.165) is 6.07 Å². The molecule has 0 radical (unpaired) electrons. The van der Waals surface area contributed by atoms with Crippen LogP contribution in [0.1, 0.15) is 29.9 Å². The van der Waals surface area contributed by atoms with Crippen LogP contribution in [0.4, 0.5) is 13.2 Å². The molecule has 0 atom stereocenters. The van der Waals surface area contributed by atoms with Crippen molar-refractivity contribution in [2.75, 3.05) is 13.7 Å². The maximum Gasteiger partial charge on any atom is 0.335 e. The average molecular weight is 564 g/mol. The molecule has 0 aliphatic carbocycles. The van der Waals surface area contributed by atoms with Crippen molar-refractivity contribution >= 4 is 16.9 Å². The molecule has 0 aliphatic heterocycles. The maximum atomic E-state index is 14.9. The van der Waals surface area contributed by atoms with E-state index in [9.17, 15) is 28.2 Å². The van der Waals surface area contributed by atoms with Crippen LogP contribution < -0.4 is 9.47 Å². The van der Waals surface area contributed by atoms with Crippen LogP contribution in [-0.2, 0) is 5.41 Å². The number of halogens is 3. The maximum absolute atomic E-state index is 14.9. The van der Waals surface area contributed by atoms with E-state index < -0.39 is 34.6 Å². The molecule has 2 aromatic heterocycles. The summed E-state index contributed by atoms with van der Waals surface area (Å²) in [6.07, 6.45) is 3.02. The number of aromatic nitrogens is 3. The lowest BCUT2D eigenvalue weighted by molar-refractivity contribution is 0.0697. The Bertz CT molecular complexity index is 1770. The van der Waals surface area contributed by atoms with Crippen molar-refractivity contribution in [1.82, 2.24) is 14.5 Å². The van der Waals surface area contributed by atoms with Crippen molar-refractivity contribution in [3.05, 3.63) is 95.7 Å². The van der Waals surface area contributed by atoms with Crippen molar-refractivity contribution in [2.24, 2.45) is 0 Å². The predicted molar refractivity (Wildman–Crippen MR) is 144 cm³/mol. The molecule has 0 unspecified atom stereocenters. The Morgan fingerprint density at radius 3 is 2.32 bits per heavy atom. The molecule has 11 heteroatoms. The van der Waals surface area contributed by atoms with Crippen LogP contribution in [0.5, 0.6) is 17.5 Å². The first-order chi connectivity index (χ1) is 19.5. The number of rotatable bonds is 8. The summed E-state index contributed by atoms with van der Waals surface area (Å²) >= 11 is 0. The minimum Gasteiger partial charge on any atom is -0.504 e. The van der Waals surface area contributed by atoms with Gasteiger partial charge in [-0.2, -0.15) is 4.39 Å². The fourth-order valence-electron chi connectivity index (χ4n) is 4.80. The summed E-state index contributed by atoms with van der Waals surface area (Å²) in [6.45, 7) is 3.58. The largest absolute Gasteiger partial charge is 0.504 e. The molecule has 8 nitrogen and oxygen atoms in total. The first kappa shape index (κ1) is 27.5. The molecule has 0 bridgehead atoms. The Labute approximate surface area is 232 Å². The molecule has 5 rings (SSSR count). The number of carboxylic acid groups (broad SMARTS) is 1. The highest BCUT2D eigenvalue weighted by Crippen LogP contribution is 2.47. The molecule has 0 spiro atoms. The molecule has 2 N–H and O–H groups in total. The van der Waals surface area contributed by atoms with Crippen molar-refractivity contribution in [1.29, 1.82) is 0 Å². The van der Waals surface area contributed by atoms with E-state index in [2.05, 4.69) is 9.97 Å². The van der Waals surface area contributed by atoms with Gasteiger partial charge >= 0.3 is 12.0 Å². The molecular weight excluding hydrogens is 539 g/mol. The second kappa shape index (κ2) is 10.5. The lowest BCUT2D eigenvalue weighted by Crippen LogP contribution is -2.30. The molecule has 0 aliphatic rings. The van der Waals surface area contributed by atoms with E-state index >= 15 is 0 Å². The second-order valence-corrected chi connectivity index (χ2v) is 9.88. The summed E-state index contributed by atoms with van der Waals surface area (Å²) in [5, 5.41) is 20.3. The number of hydrogen-bond donors (Lipinski definition) is 2. The molecule has 2 heterocycles. The van der Waals surface area contributed by atoms with Crippen molar-refractivity contribution in [3.8, 4) is 34.3 Å². The molecule has 41 heavy (non-hydrogen) atoms. The Morgan fingerprint density at radius 2 is 1.68 bits per heavy atom. The Hall–Kier alpha value is -5.06. The summed E-state index contributed by atoms with van der Waals surface area (Å²) in [5.74, 6) is -5.56. The molecular formula is C30H24F3N3O5. The van der Waals surface area contributed by atoms with Crippen molar-refractivity contribution < 1.29 is 37.7 Å². The van der Waals surface area contributed by atoms with Crippen LogP contribution in [0.3, 0.4) is 0 Å². The van der Waals surface area contributed by atoms with E-state index in [4.69, 9.17) is 9.47 Å². The first-order valence-corrected chi connectivity index (χ1v) is 12.4. The van der Waals surface area contributed by atoms with Gasteiger partial charge in [-0.05, 0) is 35.9 Å². The molecule has 5 aromatic rings. The third-order valence-corrected chi connectivity index (χ3v) is 6.68. The van der Waals surface area contributed by atoms with Gasteiger partial charge in [-0.15, -0.1) is 0 Å². The quantitative estimate of drug-likeness (QED) is 0.229. The highest BCUT2D eigenvalue weighted by molar-refractivity contribution is 6.04. The second-order valence-electron chi connectivity index (χ2n) is 9.88.